The van der Waals surface area contributed by atoms with Gasteiger partial charge in [-0.3, -0.25) is 14.5 Å². The van der Waals surface area contributed by atoms with Crippen LogP contribution in [0.25, 0.3) is 0 Å². The number of thiazole rings is 1. The predicted molar refractivity (Wildman–Crippen MR) is 79.6 cm³/mol. The number of ether oxygens (including phenoxy) is 1. The molecule has 0 spiro atoms. The Balaban J connectivity index is 1.92. The molecule has 3 rings (SSSR count). The molecule has 0 radical (unpaired) electrons. The highest BCUT2D eigenvalue weighted by atomic mass is 32.1. The van der Waals surface area contributed by atoms with E-state index in [1.54, 1.807) is 24.6 Å². The number of benzene rings is 1. The zero-order valence-electron chi connectivity index (χ0n) is 11.3. The van der Waals surface area contributed by atoms with E-state index in [0.29, 0.717) is 23.7 Å². The first-order valence-electron chi connectivity index (χ1n) is 6.33. The number of nitrogens with zero attached hydrogens (tertiary/aromatic N) is 2. The highest BCUT2D eigenvalue weighted by Gasteiger charge is 2.28. The van der Waals surface area contributed by atoms with Crippen molar-refractivity contribution in [3.8, 4) is 0 Å². The number of rotatable bonds is 3. The fourth-order valence-corrected chi connectivity index (χ4v) is 2.89. The summed E-state index contributed by atoms with van der Waals surface area (Å²) in [5.41, 5.74) is 1.65. The SMILES string of the molecule is COCc1nc(C(=O)N2CC(=O)Nc3ccccc32)cs1. The van der Waals surface area contributed by atoms with Gasteiger partial charge in [0.2, 0.25) is 5.91 Å². The summed E-state index contributed by atoms with van der Waals surface area (Å²) < 4.78 is 5.00. The number of para-hydroxylation sites is 2. The maximum Gasteiger partial charge on any atom is 0.278 e. The summed E-state index contributed by atoms with van der Waals surface area (Å²) in [4.78, 5) is 30.0. The molecule has 2 heterocycles. The van der Waals surface area contributed by atoms with E-state index in [1.165, 1.54) is 16.2 Å². The number of carbonyl (C=O) groups is 2. The molecule has 2 amide bonds. The number of carbonyl (C=O) groups excluding carboxylic acids is 2. The van der Waals surface area contributed by atoms with Gasteiger partial charge in [-0.15, -0.1) is 11.3 Å². The molecule has 21 heavy (non-hydrogen) atoms. The van der Waals surface area contributed by atoms with Crippen LogP contribution >= 0.6 is 11.3 Å². The second kappa shape index (κ2) is 5.63. The number of anilines is 2. The van der Waals surface area contributed by atoms with Crippen molar-refractivity contribution in [1.29, 1.82) is 0 Å². The fourth-order valence-electron chi connectivity index (χ4n) is 2.15. The zero-order valence-corrected chi connectivity index (χ0v) is 12.1. The van der Waals surface area contributed by atoms with Crippen LogP contribution in [-0.2, 0) is 16.1 Å². The molecule has 1 aromatic carbocycles. The first kappa shape index (κ1) is 13.7. The minimum atomic E-state index is -0.282. The van der Waals surface area contributed by atoms with Crippen LogP contribution in [0.2, 0.25) is 0 Å². The summed E-state index contributed by atoms with van der Waals surface area (Å²) in [5.74, 6) is -0.495. The molecule has 0 aliphatic carbocycles. The van der Waals surface area contributed by atoms with Gasteiger partial charge >= 0.3 is 0 Å². The molecule has 1 aromatic heterocycles. The standard InChI is InChI=1S/C14H13N3O3S/c1-20-7-13-16-10(8-21-13)14(19)17-6-12(18)15-9-4-2-3-5-11(9)17/h2-5,8H,6-7H2,1H3,(H,15,18). The molecule has 0 unspecified atom stereocenters. The Morgan fingerprint density at radius 1 is 1.48 bits per heavy atom. The lowest BCUT2D eigenvalue weighted by Crippen LogP contribution is -2.42. The van der Waals surface area contributed by atoms with Crippen LogP contribution in [0.5, 0.6) is 0 Å². The molecule has 0 saturated carbocycles. The molecule has 108 valence electrons. The first-order chi connectivity index (χ1) is 10.2. The molecule has 7 heteroatoms. The van der Waals surface area contributed by atoms with Gasteiger partial charge in [-0.05, 0) is 12.1 Å². The molecule has 0 fully saturated rings. The van der Waals surface area contributed by atoms with Gasteiger partial charge < -0.3 is 10.1 Å². The summed E-state index contributed by atoms with van der Waals surface area (Å²) in [6.45, 7) is 0.363. The maximum absolute atomic E-state index is 12.6. The van der Waals surface area contributed by atoms with Gasteiger partial charge in [0.05, 0.1) is 18.0 Å². The molecule has 6 nitrogen and oxygen atoms in total. The normalized spacial score (nSPS) is 13.8. The topological polar surface area (TPSA) is 71.5 Å². The van der Waals surface area contributed by atoms with Crippen molar-refractivity contribution in [2.45, 2.75) is 6.61 Å². The molecule has 1 aliphatic rings. The van der Waals surface area contributed by atoms with Crippen LogP contribution < -0.4 is 10.2 Å². The molecule has 0 saturated heterocycles. The maximum atomic E-state index is 12.6. The average molecular weight is 303 g/mol. The number of methoxy groups -OCH3 is 1. The predicted octanol–water partition coefficient (Wildman–Crippen LogP) is 1.89. The zero-order chi connectivity index (χ0) is 14.8. The second-order valence-corrected chi connectivity index (χ2v) is 5.46. The second-order valence-electron chi connectivity index (χ2n) is 4.52. The number of fused-ring (bicyclic) bond motifs is 1. The summed E-state index contributed by atoms with van der Waals surface area (Å²) >= 11 is 1.36. The van der Waals surface area contributed by atoms with E-state index in [1.807, 2.05) is 12.1 Å². The third-order valence-electron chi connectivity index (χ3n) is 3.05. The van der Waals surface area contributed by atoms with Crippen LogP contribution in [0.4, 0.5) is 11.4 Å². The number of amides is 2. The van der Waals surface area contributed by atoms with Crippen LogP contribution in [0.15, 0.2) is 29.6 Å². The van der Waals surface area contributed by atoms with Crippen molar-refractivity contribution in [1.82, 2.24) is 4.98 Å². The van der Waals surface area contributed by atoms with Crippen molar-refractivity contribution in [2.24, 2.45) is 0 Å². The van der Waals surface area contributed by atoms with Crippen LogP contribution in [0, 0.1) is 0 Å². The molecule has 1 N–H and O–H groups in total. The number of nitrogens with one attached hydrogen (secondary N) is 1. The molecule has 2 aromatic rings. The van der Waals surface area contributed by atoms with Gasteiger partial charge in [0, 0.05) is 12.5 Å². The molecule has 1 aliphatic heterocycles. The largest absolute Gasteiger partial charge is 0.378 e. The summed E-state index contributed by atoms with van der Waals surface area (Å²) in [6.07, 6.45) is 0. The van der Waals surface area contributed by atoms with Gasteiger partial charge in [0.1, 0.15) is 17.2 Å². The first-order valence-corrected chi connectivity index (χ1v) is 7.21. The Bertz CT molecular complexity index is 698. The highest BCUT2D eigenvalue weighted by Crippen LogP contribution is 2.30. The summed E-state index contributed by atoms with van der Waals surface area (Å²) in [7, 11) is 1.58. The number of hydrogen-bond acceptors (Lipinski definition) is 5. The molecule has 0 bridgehead atoms. The van der Waals surface area contributed by atoms with Crippen molar-refractivity contribution < 1.29 is 14.3 Å². The van der Waals surface area contributed by atoms with E-state index in [-0.39, 0.29) is 18.4 Å². The van der Waals surface area contributed by atoms with Crippen molar-refractivity contribution in [2.75, 3.05) is 23.9 Å². The molecular weight excluding hydrogens is 290 g/mol. The van der Waals surface area contributed by atoms with E-state index in [0.717, 1.165) is 5.01 Å². The average Bonchev–Trinajstić information content (AvgIpc) is 2.94. The molecule has 0 atom stereocenters. The lowest BCUT2D eigenvalue weighted by Gasteiger charge is -2.28. The van der Waals surface area contributed by atoms with Crippen LogP contribution in [0.1, 0.15) is 15.5 Å². The van der Waals surface area contributed by atoms with Gasteiger partial charge in [0.15, 0.2) is 0 Å². The van der Waals surface area contributed by atoms with E-state index in [9.17, 15) is 9.59 Å². The monoisotopic (exact) mass is 303 g/mol. The lowest BCUT2D eigenvalue weighted by molar-refractivity contribution is -0.115. The Morgan fingerprint density at radius 2 is 2.29 bits per heavy atom. The van der Waals surface area contributed by atoms with Gasteiger partial charge in [0.25, 0.3) is 5.91 Å². The van der Waals surface area contributed by atoms with Gasteiger partial charge in [-0.1, -0.05) is 12.1 Å². The number of aromatic nitrogens is 1. The third-order valence-corrected chi connectivity index (χ3v) is 3.88. The smallest absolute Gasteiger partial charge is 0.278 e. The minimum absolute atomic E-state index is 0.00696. The van der Waals surface area contributed by atoms with Crippen LogP contribution in [0.3, 0.4) is 0 Å². The van der Waals surface area contributed by atoms with E-state index in [2.05, 4.69) is 10.3 Å². The van der Waals surface area contributed by atoms with Crippen LogP contribution in [-0.4, -0.2) is 30.5 Å². The van der Waals surface area contributed by atoms with Crippen molar-refractivity contribution >= 4 is 34.5 Å². The fraction of sp³-hybridized carbons (Fsp3) is 0.214. The Hall–Kier alpha value is -2.25. The van der Waals surface area contributed by atoms with Crippen molar-refractivity contribution in [3.05, 3.63) is 40.3 Å². The van der Waals surface area contributed by atoms with Crippen molar-refractivity contribution in [3.63, 3.8) is 0 Å². The lowest BCUT2D eigenvalue weighted by atomic mass is 10.2. The van der Waals surface area contributed by atoms with E-state index in [4.69, 9.17) is 4.74 Å². The van der Waals surface area contributed by atoms with Gasteiger partial charge in [-0.2, -0.15) is 0 Å². The van der Waals surface area contributed by atoms with E-state index >= 15 is 0 Å². The minimum Gasteiger partial charge on any atom is -0.378 e. The summed E-state index contributed by atoms with van der Waals surface area (Å²) in [5, 5.41) is 5.17. The Kier molecular flexibility index (Phi) is 3.68. The Labute approximate surface area is 125 Å². The number of hydrogen-bond donors (Lipinski definition) is 1. The molecular formula is C14H13N3O3S. The van der Waals surface area contributed by atoms with Gasteiger partial charge in [-0.25, -0.2) is 4.98 Å². The third kappa shape index (κ3) is 2.65. The Morgan fingerprint density at radius 3 is 3.10 bits per heavy atom. The summed E-state index contributed by atoms with van der Waals surface area (Å²) in [6, 6.07) is 7.21. The van der Waals surface area contributed by atoms with E-state index < -0.39 is 0 Å². The highest BCUT2D eigenvalue weighted by molar-refractivity contribution is 7.09. The quantitative estimate of drug-likeness (QED) is 0.940.